The van der Waals surface area contributed by atoms with Gasteiger partial charge in [0.15, 0.2) is 0 Å². The summed E-state index contributed by atoms with van der Waals surface area (Å²) in [5, 5.41) is 3.66. The van der Waals surface area contributed by atoms with Crippen LogP contribution in [0.25, 0.3) is 10.9 Å². The number of amides is 1. The quantitative estimate of drug-likeness (QED) is 0.840. The van der Waals surface area contributed by atoms with Crippen molar-refractivity contribution in [2.24, 2.45) is 0 Å². The topological polar surface area (TPSA) is 51.2 Å². The van der Waals surface area contributed by atoms with Crippen LogP contribution in [-0.4, -0.2) is 17.7 Å². The van der Waals surface area contributed by atoms with E-state index in [2.05, 4.69) is 59.1 Å². The Bertz CT molecular complexity index is 678. The molecule has 0 aliphatic rings. The normalized spacial score (nSPS) is 11.5. The summed E-state index contributed by atoms with van der Waals surface area (Å²) >= 11 is 3.42. The van der Waals surface area contributed by atoms with E-state index in [1.54, 1.807) is 6.92 Å². The molecule has 1 aromatic carbocycles. The maximum atomic E-state index is 11.5. The van der Waals surface area contributed by atoms with Gasteiger partial charge in [-0.15, -0.1) is 0 Å². The number of hydrogen-bond acceptors (Lipinski definition) is 3. The Hall–Kier alpha value is -1.62. The number of aromatic nitrogens is 1. The molecule has 1 N–H and O–H groups in total. The number of hydrogen-bond donors (Lipinski definition) is 1. The predicted molar refractivity (Wildman–Crippen MR) is 88.8 cm³/mol. The van der Waals surface area contributed by atoms with E-state index >= 15 is 0 Å². The molecule has 0 saturated heterocycles. The fourth-order valence-electron chi connectivity index (χ4n) is 1.96. The highest BCUT2D eigenvalue weighted by molar-refractivity contribution is 9.10. The summed E-state index contributed by atoms with van der Waals surface area (Å²) in [7, 11) is 0. The Morgan fingerprint density at radius 3 is 2.67 bits per heavy atom. The highest BCUT2D eigenvalue weighted by Crippen LogP contribution is 2.29. The number of benzene rings is 1. The van der Waals surface area contributed by atoms with Gasteiger partial charge in [0.05, 0.1) is 16.6 Å². The van der Waals surface area contributed by atoms with Crippen molar-refractivity contribution < 1.29 is 9.53 Å². The minimum atomic E-state index is -0.503. The average molecular weight is 351 g/mol. The Kier molecular flexibility index (Phi) is 4.52. The molecule has 5 heteroatoms. The second-order valence-electron chi connectivity index (χ2n) is 5.82. The highest BCUT2D eigenvalue weighted by Gasteiger charge is 2.15. The van der Waals surface area contributed by atoms with E-state index < -0.39 is 6.09 Å². The van der Waals surface area contributed by atoms with E-state index in [0.717, 1.165) is 15.4 Å². The number of nitrogens with one attached hydrogen (secondary N) is 1. The summed E-state index contributed by atoms with van der Waals surface area (Å²) < 4.78 is 5.61. The molecule has 1 amide bonds. The first kappa shape index (κ1) is 15.8. The molecule has 0 aliphatic carbocycles. The van der Waals surface area contributed by atoms with Gasteiger partial charge in [0.2, 0.25) is 0 Å². The molecule has 0 fully saturated rings. The number of carbonyl (C=O) groups is 1. The number of pyridine rings is 1. The zero-order valence-corrected chi connectivity index (χ0v) is 14.2. The molecule has 0 bridgehead atoms. The summed E-state index contributed by atoms with van der Waals surface area (Å²) in [6.45, 7) is 8.56. The zero-order chi connectivity index (χ0) is 15.6. The lowest BCUT2D eigenvalue weighted by atomic mass is 9.86. The van der Waals surface area contributed by atoms with Gasteiger partial charge in [-0.25, -0.2) is 9.78 Å². The molecule has 0 atom stereocenters. The number of rotatable bonds is 2. The molecule has 0 radical (unpaired) electrons. The van der Waals surface area contributed by atoms with Gasteiger partial charge < -0.3 is 4.74 Å². The number of halogens is 1. The number of nitrogens with zero attached hydrogens (tertiary/aromatic N) is 1. The average Bonchev–Trinajstić information content (AvgIpc) is 2.38. The number of fused-ring (bicyclic) bond motifs is 1. The van der Waals surface area contributed by atoms with Crippen LogP contribution in [-0.2, 0) is 10.2 Å². The second kappa shape index (κ2) is 6.02. The molecule has 0 saturated carbocycles. The van der Waals surface area contributed by atoms with Crippen LogP contribution in [0.5, 0.6) is 0 Å². The van der Waals surface area contributed by atoms with Gasteiger partial charge in [-0.05, 0) is 46.0 Å². The van der Waals surface area contributed by atoms with Crippen LogP contribution in [0.3, 0.4) is 0 Å². The van der Waals surface area contributed by atoms with Crippen LogP contribution in [0.2, 0.25) is 0 Å². The number of carbonyl (C=O) groups excluding carboxylic acids is 1. The Labute approximate surface area is 133 Å². The van der Waals surface area contributed by atoms with E-state index in [4.69, 9.17) is 4.74 Å². The largest absolute Gasteiger partial charge is 0.450 e. The lowest BCUT2D eigenvalue weighted by molar-refractivity contribution is 0.168. The van der Waals surface area contributed by atoms with Crippen molar-refractivity contribution in [2.75, 3.05) is 11.9 Å². The Morgan fingerprint density at radius 2 is 2.05 bits per heavy atom. The van der Waals surface area contributed by atoms with Gasteiger partial charge in [0, 0.05) is 5.39 Å². The van der Waals surface area contributed by atoms with E-state index in [1.165, 1.54) is 5.56 Å². The summed E-state index contributed by atoms with van der Waals surface area (Å²) in [4.78, 5) is 16.0. The van der Waals surface area contributed by atoms with Crippen LogP contribution in [0, 0.1) is 0 Å². The summed E-state index contributed by atoms with van der Waals surface area (Å²) in [5.74, 6) is 0.465. The predicted octanol–water partition coefficient (Wildman–Crippen LogP) is 4.86. The molecule has 0 aliphatic heterocycles. The third kappa shape index (κ3) is 3.73. The molecule has 1 aromatic heterocycles. The van der Waals surface area contributed by atoms with Gasteiger partial charge in [-0.1, -0.05) is 32.9 Å². The van der Waals surface area contributed by atoms with Crippen molar-refractivity contribution in [1.82, 2.24) is 4.98 Å². The van der Waals surface area contributed by atoms with Crippen molar-refractivity contribution in [3.05, 3.63) is 34.3 Å². The van der Waals surface area contributed by atoms with E-state index in [1.807, 2.05) is 12.1 Å². The van der Waals surface area contributed by atoms with E-state index in [9.17, 15) is 4.79 Å². The standard InChI is InChI=1S/C16H19BrN2O2/c1-5-21-15(20)19-14-12(17)8-10-6-7-11(16(2,3)4)9-13(10)18-14/h6-9H,5H2,1-4H3,(H,18,19,20). The van der Waals surface area contributed by atoms with E-state index in [0.29, 0.717) is 12.4 Å². The van der Waals surface area contributed by atoms with Gasteiger partial charge in [-0.3, -0.25) is 5.32 Å². The van der Waals surface area contributed by atoms with Gasteiger partial charge in [0.25, 0.3) is 0 Å². The number of ether oxygens (including phenoxy) is 1. The highest BCUT2D eigenvalue weighted by atomic mass is 79.9. The van der Waals surface area contributed by atoms with Crippen molar-refractivity contribution in [2.45, 2.75) is 33.1 Å². The summed E-state index contributed by atoms with van der Waals surface area (Å²) in [6.07, 6.45) is -0.503. The number of anilines is 1. The van der Waals surface area contributed by atoms with Gasteiger partial charge >= 0.3 is 6.09 Å². The molecule has 2 rings (SSSR count). The summed E-state index contributed by atoms with van der Waals surface area (Å²) in [6, 6.07) is 8.14. The molecule has 4 nitrogen and oxygen atoms in total. The minimum absolute atomic E-state index is 0.0533. The molecule has 1 heterocycles. The van der Waals surface area contributed by atoms with Crippen molar-refractivity contribution >= 4 is 38.7 Å². The molecule has 21 heavy (non-hydrogen) atoms. The fourth-order valence-corrected chi connectivity index (χ4v) is 2.39. The van der Waals surface area contributed by atoms with Gasteiger partial charge in [0.1, 0.15) is 5.82 Å². The van der Waals surface area contributed by atoms with Crippen LogP contribution in [0.1, 0.15) is 33.3 Å². The lowest BCUT2D eigenvalue weighted by Crippen LogP contribution is -2.15. The van der Waals surface area contributed by atoms with Crippen molar-refractivity contribution in [3.8, 4) is 0 Å². The molecular weight excluding hydrogens is 332 g/mol. The van der Waals surface area contributed by atoms with Crippen molar-refractivity contribution in [3.63, 3.8) is 0 Å². The third-order valence-electron chi connectivity index (χ3n) is 3.13. The summed E-state index contributed by atoms with van der Waals surface area (Å²) in [5.41, 5.74) is 2.10. The molecule has 2 aromatic rings. The molecule has 0 unspecified atom stereocenters. The van der Waals surface area contributed by atoms with Crippen LogP contribution >= 0.6 is 15.9 Å². The first-order valence-corrected chi connectivity index (χ1v) is 7.65. The Balaban J connectivity index is 2.44. The van der Waals surface area contributed by atoms with Gasteiger partial charge in [-0.2, -0.15) is 0 Å². The maximum absolute atomic E-state index is 11.5. The molecule has 0 spiro atoms. The van der Waals surface area contributed by atoms with Crippen LogP contribution in [0.15, 0.2) is 28.7 Å². The maximum Gasteiger partial charge on any atom is 0.412 e. The zero-order valence-electron chi connectivity index (χ0n) is 12.7. The van der Waals surface area contributed by atoms with Crippen LogP contribution in [0.4, 0.5) is 10.6 Å². The molecule has 112 valence electrons. The monoisotopic (exact) mass is 350 g/mol. The third-order valence-corrected chi connectivity index (χ3v) is 3.74. The smallest absolute Gasteiger partial charge is 0.412 e. The van der Waals surface area contributed by atoms with Crippen LogP contribution < -0.4 is 5.32 Å². The minimum Gasteiger partial charge on any atom is -0.450 e. The fraction of sp³-hybridized carbons (Fsp3) is 0.375. The second-order valence-corrected chi connectivity index (χ2v) is 6.68. The first-order valence-electron chi connectivity index (χ1n) is 6.86. The molecular formula is C16H19BrN2O2. The van der Waals surface area contributed by atoms with E-state index in [-0.39, 0.29) is 5.41 Å². The lowest BCUT2D eigenvalue weighted by Gasteiger charge is -2.19. The van der Waals surface area contributed by atoms with Crippen molar-refractivity contribution in [1.29, 1.82) is 0 Å². The SMILES string of the molecule is CCOC(=O)Nc1nc2cc(C(C)(C)C)ccc2cc1Br. The Morgan fingerprint density at radius 1 is 1.33 bits per heavy atom. The first-order chi connectivity index (χ1) is 9.81.